The van der Waals surface area contributed by atoms with Gasteiger partial charge in [0.15, 0.2) is 5.96 Å². The SMILES string of the molecule is COc1ccccc1NC(N)=NCc1ccc(CN2CCCC2)cc1. The summed E-state index contributed by atoms with van der Waals surface area (Å²) in [7, 11) is 1.64. The highest BCUT2D eigenvalue weighted by Crippen LogP contribution is 2.22. The maximum atomic E-state index is 5.99. The van der Waals surface area contributed by atoms with Crippen molar-refractivity contribution in [2.24, 2.45) is 10.7 Å². The molecule has 0 radical (unpaired) electrons. The van der Waals surface area contributed by atoms with E-state index in [4.69, 9.17) is 10.5 Å². The van der Waals surface area contributed by atoms with Crippen LogP contribution in [0.1, 0.15) is 24.0 Å². The number of nitrogens with one attached hydrogen (secondary N) is 1. The quantitative estimate of drug-likeness (QED) is 0.627. The van der Waals surface area contributed by atoms with Crippen LogP contribution in [-0.4, -0.2) is 31.1 Å². The van der Waals surface area contributed by atoms with E-state index in [0.717, 1.165) is 23.5 Å². The number of methoxy groups -OCH3 is 1. The zero-order chi connectivity index (χ0) is 17.5. The third-order valence-electron chi connectivity index (χ3n) is 4.43. The molecule has 1 heterocycles. The number of benzene rings is 2. The topological polar surface area (TPSA) is 62.9 Å². The molecule has 0 amide bonds. The molecule has 0 bridgehead atoms. The van der Waals surface area contributed by atoms with Gasteiger partial charge in [-0.05, 0) is 49.2 Å². The summed E-state index contributed by atoms with van der Waals surface area (Å²) in [5, 5.41) is 3.09. The number of aliphatic imine (C=N–C) groups is 1. The number of para-hydroxylation sites is 2. The number of likely N-dealkylation sites (tertiary alicyclic amines) is 1. The van der Waals surface area contributed by atoms with Crippen LogP contribution in [0.25, 0.3) is 0 Å². The molecule has 0 atom stereocenters. The fraction of sp³-hybridized carbons (Fsp3) is 0.350. The van der Waals surface area contributed by atoms with Gasteiger partial charge in [-0.2, -0.15) is 0 Å². The first-order chi connectivity index (χ1) is 12.2. The van der Waals surface area contributed by atoms with E-state index in [1.54, 1.807) is 7.11 Å². The van der Waals surface area contributed by atoms with Gasteiger partial charge >= 0.3 is 0 Å². The van der Waals surface area contributed by atoms with Crippen LogP contribution in [0.3, 0.4) is 0 Å². The second-order valence-corrected chi connectivity index (χ2v) is 6.33. The van der Waals surface area contributed by atoms with Crippen LogP contribution in [0.2, 0.25) is 0 Å². The van der Waals surface area contributed by atoms with Crippen LogP contribution in [0, 0.1) is 0 Å². The molecule has 3 N–H and O–H groups in total. The Hall–Kier alpha value is -2.53. The molecule has 25 heavy (non-hydrogen) atoms. The molecule has 1 saturated heterocycles. The third kappa shape index (κ3) is 4.97. The number of hydrogen-bond donors (Lipinski definition) is 2. The lowest BCUT2D eigenvalue weighted by Gasteiger charge is -2.14. The van der Waals surface area contributed by atoms with Crippen molar-refractivity contribution in [3.63, 3.8) is 0 Å². The summed E-state index contributed by atoms with van der Waals surface area (Å²) in [6.45, 7) is 4.04. The standard InChI is InChI=1S/C20H26N4O/c1-25-19-7-3-2-6-18(19)23-20(21)22-14-16-8-10-17(11-9-16)15-24-12-4-5-13-24/h2-3,6-11H,4-5,12-15H2,1H3,(H3,21,22,23). The fourth-order valence-electron chi connectivity index (χ4n) is 3.05. The Labute approximate surface area is 149 Å². The summed E-state index contributed by atoms with van der Waals surface area (Å²) in [4.78, 5) is 6.92. The second kappa shape index (κ2) is 8.53. The largest absolute Gasteiger partial charge is 0.495 e. The highest BCUT2D eigenvalue weighted by atomic mass is 16.5. The van der Waals surface area contributed by atoms with Crippen LogP contribution < -0.4 is 15.8 Å². The van der Waals surface area contributed by atoms with Gasteiger partial charge in [0.25, 0.3) is 0 Å². The van der Waals surface area contributed by atoms with E-state index in [9.17, 15) is 0 Å². The van der Waals surface area contributed by atoms with Crippen molar-refractivity contribution in [1.29, 1.82) is 0 Å². The van der Waals surface area contributed by atoms with Gasteiger partial charge in [-0.25, -0.2) is 4.99 Å². The molecular weight excluding hydrogens is 312 g/mol. The predicted molar refractivity (Wildman–Crippen MR) is 103 cm³/mol. The van der Waals surface area contributed by atoms with Crippen molar-refractivity contribution in [1.82, 2.24) is 4.90 Å². The second-order valence-electron chi connectivity index (χ2n) is 6.33. The van der Waals surface area contributed by atoms with Gasteiger partial charge in [0.05, 0.1) is 19.3 Å². The molecule has 3 rings (SSSR count). The molecule has 0 saturated carbocycles. The molecule has 1 aliphatic heterocycles. The van der Waals surface area contributed by atoms with Crippen molar-refractivity contribution >= 4 is 11.6 Å². The summed E-state index contributed by atoms with van der Waals surface area (Å²) >= 11 is 0. The van der Waals surface area contributed by atoms with Gasteiger partial charge in [-0.15, -0.1) is 0 Å². The lowest BCUT2D eigenvalue weighted by atomic mass is 10.1. The number of ether oxygens (including phenoxy) is 1. The first-order valence-corrected chi connectivity index (χ1v) is 8.75. The van der Waals surface area contributed by atoms with E-state index >= 15 is 0 Å². The van der Waals surface area contributed by atoms with Crippen LogP contribution in [-0.2, 0) is 13.1 Å². The number of nitrogens with zero attached hydrogens (tertiary/aromatic N) is 2. The van der Waals surface area contributed by atoms with E-state index in [1.165, 1.54) is 31.5 Å². The summed E-state index contributed by atoms with van der Waals surface area (Å²) in [5.41, 5.74) is 9.31. The molecule has 132 valence electrons. The monoisotopic (exact) mass is 338 g/mol. The first kappa shape index (κ1) is 17.3. The van der Waals surface area contributed by atoms with Crippen molar-refractivity contribution < 1.29 is 4.74 Å². The van der Waals surface area contributed by atoms with Gasteiger partial charge in [0.2, 0.25) is 0 Å². The molecule has 2 aromatic carbocycles. The Kier molecular flexibility index (Phi) is 5.90. The minimum Gasteiger partial charge on any atom is -0.495 e. The lowest BCUT2D eigenvalue weighted by molar-refractivity contribution is 0.331. The van der Waals surface area contributed by atoms with E-state index in [-0.39, 0.29) is 0 Å². The highest BCUT2D eigenvalue weighted by Gasteiger charge is 2.11. The highest BCUT2D eigenvalue weighted by molar-refractivity contribution is 5.93. The Balaban J connectivity index is 1.55. The van der Waals surface area contributed by atoms with Crippen LogP contribution >= 0.6 is 0 Å². The third-order valence-corrected chi connectivity index (χ3v) is 4.43. The molecule has 0 aromatic heterocycles. The van der Waals surface area contributed by atoms with Gasteiger partial charge < -0.3 is 15.8 Å². The van der Waals surface area contributed by atoms with Crippen molar-refractivity contribution in [2.75, 3.05) is 25.5 Å². The normalized spacial score (nSPS) is 15.3. The number of hydrogen-bond acceptors (Lipinski definition) is 3. The van der Waals surface area contributed by atoms with Crippen molar-refractivity contribution in [3.8, 4) is 5.75 Å². The number of guanidine groups is 1. The predicted octanol–water partition coefficient (Wildman–Crippen LogP) is 3.22. The number of anilines is 1. The lowest BCUT2D eigenvalue weighted by Crippen LogP contribution is -2.22. The minimum atomic E-state index is 0.380. The minimum absolute atomic E-state index is 0.380. The van der Waals surface area contributed by atoms with E-state index in [1.807, 2.05) is 24.3 Å². The number of rotatable bonds is 6. The average Bonchev–Trinajstić information content (AvgIpc) is 3.15. The Morgan fingerprint density at radius 2 is 1.76 bits per heavy atom. The molecule has 0 unspecified atom stereocenters. The Morgan fingerprint density at radius 1 is 1.08 bits per heavy atom. The summed E-state index contributed by atoms with van der Waals surface area (Å²) in [5.74, 6) is 1.12. The summed E-state index contributed by atoms with van der Waals surface area (Å²) in [6.07, 6.45) is 2.65. The van der Waals surface area contributed by atoms with Gasteiger partial charge in [0.1, 0.15) is 5.75 Å². The Morgan fingerprint density at radius 3 is 2.48 bits per heavy atom. The van der Waals surface area contributed by atoms with E-state index in [2.05, 4.69) is 39.5 Å². The van der Waals surface area contributed by atoms with Crippen LogP contribution in [0.15, 0.2) is 53.5 Å². The summed E-state index contributed by atoms with van der Waals surface area (Å²) in [6, 6.07) is 16.3. The maximum Gasteiger partial charge on any atom is 0.193 e. The van der Waals surface area contributed by atoms with E-state index < -0.39 is 0 Å². The molecule has 0 spiro atoms. The molecule has 5 heteroatoms. The smallest absolute Gasteiger partial charge is 0.193 e. The zero-order valence-corrected chi connectivity index (χ0v) is 14.7. The van der Waals surface area contributed by atoms with Crippen molar-refractivity contribution in [2.45, 2.75) is 25.9 Å². The molecule has 0 aliphatic carbocycles. The Bertz CT molecular complexity index is 706. The molecule has 2 aromatic rings. The van der Waals surface area contributed by atoms with Gasteiger partial charge in [-0.3, -0.25) is 4.90 Å². The van der Waals surface area contributed by atoms with Crippen LogP contribution in [0.4, 0.5) is 5.69 Å². The summed E-state index contributed by atoms with van der Waals surface area (Å²) < 4.78 is 5.30. The van der Waals surface area contributed by atoms with Crippen LogP contribution in [0.5, 0.6) is 5.75 Å². The average molecular weight is 338 g/mol. The molecule has 5 nitrogen and oxygen atoms in total. The maximum absolute atomic E-state index is 5.99. The number of nitrogens with two attached hydrogens (primary N) is 1. The first-order valence-electron chi connectivity index (χ1n) is 8.75. The molecule has 1 aliphatic rings. The molecular formula is C20H26N4O. The fourth-order valence-corrected chi connectivity index (χ4v) is 3.05. The van der Waals surface area contributed by atoms with Gasteiger partial charge in [-0.1, -0.05) is 36.4 Å². The molecule has 1 fully saturated rings. The van der Waals surface area contributed by atoms with E-state index in [0.29, 0.717) is 12.5 Å². The zero-order valence-electron chi connectivity index (χ0n) is 14.7. The van der Waals surface area contributed by atoms with Gasteiger partial charge in [0, 0.05) is 6.54 Å². The van der Waals surface area contributed by atoms with Crippen molar-refractivity contribution in [3.05, 3.63) is 59.7 Å².